The predicted octanol–water partition coefficient (Wildman–Crippen LogP) is 4.74. The van der Waals surface area contributed by atoms with E-state index < -0.39 is 0 Å². The maximum atomic E-state index is 12.8. The van der Waals surface area contributed by atoms with Crippen molar-refractivity contribution in [2.75, 3.05) is 31.1 Å². The van der Waals surface area contributed by atoms with Crippen molar-refractivity contribution in [3.63, 3.8) is 0 Å². The van der Waals surface area contributed by atoms with E-state index in [-0.39, 0.29) is 17.6 Å². The van der Waals surface area contributed by atoms with E-state index in [0.717, 1.165) is 55.7 Å². The van der Waals surface area contributed by atoms with Gasteiger partial charge in [-0.3, -0.25) is 4.79 Å². The molecule has 0 saturated carbocycles. The fourth-order valence-corrected chi connectivity index (χ4v) is 4.41. The number of para-hydroxylation sites is 1. The molecule has 7 heteroatoms. The van der Waals surface area contributed by atoms with Crippen molar-refractivity contribution < 1.29 is 9.90 Å². The van der Waals surface area contributed by atoms with Gasteiger partial charge in [0.25, 0.3) is 0 Å². The van der Waals surface area contributed by atoms with Crippen LogP contribution < -0.4 is 4.90 Å². The van der Waals surface area contributed by atoms with Gasteiger partial charge in [0.1, 0.15) is 11.6 Å². The Bertz CT molecular complexity index is 1090. The number of aromatic nitrogens is 2. The molecule has 0 radical (unpaired) electrons. The summed E-state index contributed by atoms with van der Waals surface area (Å²) in [7, 11) is 0. The van der Waals surface area contributed by atoms with Crippen LogP contribution in [0.4, 0.5) is 5.82 Å². The average Bonchev–Trinajstić information content (AvgIpc) is 2.79. The fraction of sp³-hybridized carbons (Fsp3) is 0.375. The molecule has 31 heavy (non-hydrogen) atoms. The summed E-state index contributed by atoms with van der Waals surface area (Å²) in [5.41, 5.74) is 1.31. The molecule has 0 spiro atoms. The van der Waals surface area contributed by atoms with E-state index >= 15 is 0 Å². The highest BCUT2D eigenvalue weighted by atomic mass is 35.5. The van der Waals surface area contributed by atoms with Crippen molar-refractivity contribution in [3.05, 3.63) is 47.5 Å². The Balaban J connectivity index is 1.68. The second kappa shape index (κ2) is 9.10. The molecular formula is C24H27ClN4O2. The minimum atomic E-state index is 0.0522. The molecule has 0 aliphatic carbocycles. The fourth-order valence-electron chi connectivity index (χ4n) is 4.24. The van der Waals surface area contributed by atoms with Gasteiger partial charge in [0, 0.05) is 42.5 Å². The number of phenols is 1. The Morgan fingerprint density at radius 1 is 1.13 bits per heavy atom. The first-order valence-corrected chi connectivity index (χ1v) is 11.2. The summed E-state index contributed by atoms with van der Waals surface area (Å²) in [6, 6.07) is 12.7. The van der Waals surface area contributed by atoms with Crippen molar-refractivity contribution in [1.29, 1.82) is 0 Å². The van der Waals surface area contributed by atoms with Crippen molar-refractivity contribution in [2.24, 2.45) is 5.92 Å². The predicted molar refractivity (Wildman–Crippen MR) is 125 cm³/mol. The zero-order valence-electron chi connectivity index (χ0n) is 17.9. The standard InChI is InChI=1S/C24H27ClN4O2/c1-3-28(4-2)24(31)16-11-13-29(14-12-16)23-18-10-9-17(25)15-20(18)26-22(27-23)19-7-5-6-8-21(19)30/h5-10,15-16,30H,3-4,11-14H2,1-2H3. The molecule has 0 unspecified atom stereocenters. The number of piperidine rings is 1. The van der Waals surface area contributed by atoms with Crippen LogP contribution in [0.5, 0.6) is 5.75 Å². The van der Waals surface area contributed by atoms with E-state index in [0.29, 0.717) is 16.4 Å². The number of hydrogen-bond donors (Lipinski definition) is 1. The van der Waals surface area contributed by atoms with Crippen LogP contribution in [0.2, 0.25) is 5.02 Å². The zero-order valence-corrected chi connectivity index (χ0v) is 18.6. The van der Waals surface area contributed by atoms with Crippen LogP contribution in [0.1, 0.15) is 26.7 Å². The van der Waals surface area contributed by atoms with Crippen LogP contribution in [0, 0.1) is 5.92 Å². The van der Waals surface area contributed by atoms with Crippen LogP contribution in [-0.4, -0.2) is 52.1 Å². The Morgan fingerprint density at radius 3 is 2.52 bits per heavy atom. The Morgan fingerprint density at radius 2 is 1.84 bits per heavy atom. The van der Waals surface area contributed by atoms with E-state index in [2.05, 4.69) is 9.88 Å². The van der Waals surface area contributed by atoms with Gasteiger partial charge in [0.05, 0.1) is 11.1 Å². The van der Waals surface area contributed by atoms with Gasteiger partial charge in [0.15, 0.2) is 5.82 Å². The third-order valence-corrected chi connectivity index (χ3v) is 6.24. The van der Waals surface area contributed by atoms with Crippen LogP contribution in [0.15, 0.2) is 42.5 Å². The maximum Gasteiger partial charge on any atom is 0.225 e. The molecule has 0 bridgehead atoms. The van der Waals surface area contributed by atoms with Crippen LogP contribution in [0.25, 0.3) is 22.3 Å². The molecule has 1 aromatic heterocycles. The zero-order chi connectivity index (χ0) is 22.0. The molecule has 1 aliphatic heterocycles. The van der Waals surface area contributed by atoms with Gasteiger partial charge in [-0.25, -0.2) is 9.97 Å². The first-order chi connectivity index (χ1) is 15.0. The molecule has 2 aromatic carbocycles. The average molecular weight is 439 g/mol. The third kappa shape index (κ3) is 4.30. The lowest BCUT2D eigenvalue weighted by atomic mass is 9.95. The van der Waals surface area contributed by atoms with Crippen molar-refractivity contribution in [1.82, 2.24) is 14.9 Å². The topological polar surface area (TPSA) is 69.6 Å². The number of hydrogen-bond acceptors (Lipinski definition) is 5. The van der Waals surface area contributed by atoms with E-state index in [1.807, 2.05) is 43.0 Å². The summed E-state index contributed by atoms with van der Waals surface area (Å²) in [6.45, 7) is 7.03. The molecule has 6 nitrogen and oxygen atoms in total. The smallest absolute Gasteiger partial charge is 0.225 e. The van der Waals surface area contributed by atoms with Gasteiger partial charge in [-0.15, -0.1) is 0 Å². The molecule has 2 heterocycles. The molecular weight excluding hydrogens is 412 g/mol. The lowest BCUT2D eigenvalue weighted by molar-refractivity contribution is -0.135. The normalized spacial score (nSPS) is 14.7. The monoisotopic (exact) mass is 438 g/mol. The van der Waals surface area contributed by atoms with Gasteiger partial charge in [0.2, 0.25) is 5.91 Å². The molecule has 1 amide bonds. The number of halogens is 1. The molecule has 4 rings (SSSR count). The molecule has 162 valence electrons. The molecule has 3 aromatic rings. The third-order valence-electron chi connectivity index (χ3n) is 6.00. The molecule has 0 atom stereocenters. The van der Waals surface area contributed by atoms with Crippen molar-refractivity contribution in [3.8, 4) is 17.1 Å². The first kappa shape index (κ1) is 21.4. The number of nitrogens with zero attached hydrogens (tertiary/aromatic N) is 4. The minimum Gasteiger partial charge on any atom is -0.507 e. The summed E-state index contributed by atoms with van der Waals surface area (Å²) in [5.74, 6) is 1.71. The molecule has 1 saturated heterocycles. The number of fused-ring (bicyclic) bond motifs is 1. The maximum absolute atomic E-state index is 12.8. The number of anilines is 1. The highest BCUT2D eigenvalue weighted by molar-refractivity contribution is 6.31. The van der Waals surface area contributed by atoms with Gasteiger partial charge in [-0.2, -0.15) is 0 Å². The Hall–Kier alpha value is -2.86. The second-order valence-electron chi connectivity index (χ2n) is 7.82. The summed E-state index contributed by atoms with van der Waals surface area (Å²) in [6.07, 6.45) is 1.58. The molecule has 1 aliphatic rings. The minimum absolute atomic E-state index is 0.0522. The van der Waals surface area contributed by atoms with E-state index in [1.54, 1.807) is 18.2 Å². The van der Waals surface area contributed by atoms with Crippen LogP contribution in [0.3, 0.4) is 0 Å². The number of benzene rings is 2. The number of aromatic hydroxyl groups is 1. The van der Waals surface area contributed by atoms with Gasteiger partial charge in [-0.05, 0) is 57.0 Å². The number of amides is 1. The first-order valence-electron chi connectivity index (χ1n) is 10.8. The summed E-state index contributed by atoms with van der Waals surface area (Å²) >= 11 is 6.23. The Kier molecular flexibility index (Phi) is 6.28. The largest absolute Gasteiger partial charge is 0.507 e. The lowest BCUT2D eigenvalue weighted by Gasteiger charge is -2.35. The summed E-state index contributed by atoms with van der Waals surface area (Å²) in [5, 5.41) is 11.8. The van der Waals surface area contributed by atoms with E-state index in [1.165, 1.54) is 0 Å². The lowest BCUT2D eigenvalue weighted by Crippen LogP contribution is -2.42. The summed E-state index contributed by atoms with van der Waals surface area (Å²) < 4.78 is 0. The van der Waals surface area contributed by atoms with Gasteiger partial charge in [-0.1, -0.05) is 23.7 Å². The van der Waals surface area contributed by atoms with Crippen LogP contribution in [-0.2, 0) is 4.79 Å². The van der Waals surface area contributed by atoms with Gasteiger partial charge < -0.3 is 14.9 Å². The van der Waals surface area contributed by atoms with Gasteiger partial charge >= 0.3 is 0 Å². The van der Waals surface area contributed by atoms with Crippen molar-refractivity contribution in [2.45, 2.75) is 26.7 Å². The molecule has 1 N–H and O–H groups in total. The number of phenolic OH excluding ortho intramolecular Hbond substituents is 1. The van der Waals surface area contributed by atoms with Crippen molar-refractivity contribution >= 4 is 34.2 Å². The Labute approximate surface area is 187 Å². The SMILES string of the molecule is CCN(CC)C(=O)C1CCN(c2nc(-c3ccccc3O)nc3cc(Cl)ccc23)CC1. The van der Waals surface area contributed by atoms with E-state index in [4.69, 9.17) is 16.6 Å². The second-order valence-corrected chi connectivity index (χ2v) is 8.26. The highest BCUT2D eigenvalue weighted by Gasteiger charge is 2.29. The number of carbonyl (C=O) groups excluding carboxylic acids is 1. The highest BCUT2D eigenvalue weighted by Crippen LogP contribution is 2.34. The molecule has 1 fully saturated rings. The van der Waals surface area contributed by atoms with Crippen LogP contribution >= 0.6 is 11.6 Å². The summed E-state index contributed by atoms with van der Waals surface area (Å²) in [4.78, 5) is 26.4. The quantitative estimate of drug-likeness (QED) is 0.623. The number of rotatable bonds is 5. The van der Waals surface area contributed by atoms with E-state index in [9.17, 15) is 9.90 Å². The number of carbonyl (C=O) groups is 1.